The van der Waals surface area contributed by atoms with E-state index in [1.165, 1.54) is 0 Å². The molecule has 0 aliphatic carbocycles. The van der Waals surface area contributed by atoms with Crippen LogP contribution in [0, 0.1) is 24.4 Å². The molecule has 2 rings (SSSR count). The molecule has 2 nitrogen and oxygen atoms in total. The van der Waals surface area contributed by atoms with Crippen molar-refractivity contribution in [1.82, 2.24) is 0 Å². The van der Waals surface area contributed by atoms with Crippen molar-refractivity contribution in [2.45, 2.75) is 13.5 Å². The highest BCUT2D eigenvalue weighted by atomic mass is 19.2. The van der Waals surface area contributed by atoms with Gasteiger partial charge in [0.1, 0.15) is 5.75 Å². The fourth-order valence-electron chi connectivity index (χ4n) is 1.72. The molecule has 0 atom stereocenters. The molecule has 2 aromatic rings. The van der Waals surface area contributed by atoms with Crippen molar-refractivity contribution >= 4 is 5.69 Å². The van der Waals surface area contributed by atoms with Gasteiger partial charge in [0, 0.05) is 29.9 Å². The first-order chi connectivity index (χ1) is 8.99. The number of benzene rings is 2. The minimum atomic E-state index is -1.50. The summed E-state index contributed by atoms with van der Waals surface area (Å²) in [5, 5.41) is 12.5. The van der Waals surface area contributed by atoms with Gasteiger partial charge in [-0.25, -0.2) is 13.2 Å². The molecule has 100 valence electrons. The van der Waals surface area contributed by atoms with Crippen LogP contribution in [0.25, 0.3) is 0 Å². The van der Waals surface area contributed by atoms with Gasteiger partial charge in [-0.3, -0.25) is 0 Å². The summed E-state index contributed by atoms with van der Waals surface area (Å²) in [5.41, 5.74) is 1.40. The summed E-state index contributed by atoms with van der Waals surface area (Å²) in [5.74, 6) is -3.88. The predicted octanol–water partition coefficient (Wildman–Crippen LogP) is 3.73. The molecule has 2 aromatic carbocycles. The Morgan fingerprint density at radius 1 is 1.11 bits per heavy atom. The third kappa shape index (κ3) is 2.81. The van der Waals surface area contributed by atoms with E-state index >= 15 is 0 Å². The zero-order valence-corrected chi connectivity index (χ0v) is 10.2. The van der Waals surface area contributed by atoms with Crippen molar-refractivity contribution in [3.8, 4) is 5.75 Å². The first-order valence-corrected chi connectivity index (χ1v) is 5.65. The number of rotatable bonds is 3. The molecule has 0 bridgehead atoms. The smallest absolute Gasteiger partial charge is 0.194 e. The molecule has 0 spiro atoms. The number of para-hydroxylation sites is 1. The minimum absolute atomic E-state index is 0.109. The van der Waals surface area contributed by atoms with E-state index < -0.39 is 17.5 Å². The predicted molar refractivity (Wildman–Crippen MR) is 66.5 cm³/mol. The van der Waals surface area contributed by atoms with Crippen LogP contribution in [-0.2, 0) is 6.54 Å². The van der Waals surface area contributed by atoms with Gasteiger partial charge in [-0.15, -0.1) is 0 Å². The van der Waals surface area contributed by atoms with E-state index in [-0.39, 0.29) is 18.0 Å². The third-order valence-corrected chi connectivity index (χ3v) is 2.79. The number of phenolic OH excluding ortho intramolecular Hbond substituents is 1. The van der Waals surface area contributed by atoms with Gasteiger partial charge in [-0.2, -0.15) is 0 Å². The van der Waals surface area contributed by atoms with Crippen molar-refractivity contribution in [3.05, 3.63) is 58.9 Å². The first-order valence-electron chi connectivity index (χ1n) is 5.65. The Kier molecular flexibility index (Phi) is 3.64. The van der Waals surface area contributed by atoms with Gasteiger partial charge in [0.15, 0.2) is 17.5 Å². The Hall–Kier alpha value is -2.17. The molecule has 0 unspecified atom stereocenters. The number of anilines is 1. The third-order valence-electron chi connectivity index (χ3n) is 2.79. The van der Waals surface area contributed by atoms with Gasteiger partial charge in [0.2, 0.25) is 0 Å². The van der Waals surface area contributed by atoms with Crippen LogP contribution >= 0.6 is 0 Å². The first kappa shape index (κ1) is 13.3. The molecule has 0 amide bonds. The lowest BCUT2D eigenvalue weighted by Gasteiger charge is -2.10. The Labute approximate surface area is 108 Å². The van der Waals surface area contributed by atoms with Crippen molar-refractivity contribution in [1.29, 1.82) is 0 Å². The number of halogens is 3. The highest BCUT2D eigenvalue weighted by Crippen LogP contribution is 2.23. The molecule has 5 heteroatoms. The average molecular weight is 267 g/mol. The van der Waals surface area contributed by atoms with E-state index in [2.05, 4.69) is 5.32 Å². The van der Waals surface area contributed by atoms with Crippen molar-refractivity contribution < 1.29 is 18.3 Å². The fourth-order valence-corrected chi connectivity index (χ4v) is 1.72. The second kappa shape index (κ2) is 5.22. The van der Waals surface area contributed by atoms with Gasteiger partial charge in [0.05, 0.1) is 0 Å². The standard InChI is InChI=1S/C14H12F3NO/c1-8-3-2-4-9(14(8)19)7-18-10-5-11(15)13(17)12(16)6-10/h2-6,18-19H,7H2,1H3. The van der Waals surface area contributed by atoms with E-state index in [1.54, 1.807) is 25.1 Å². The number of aromatic hydroxyl groups is 1. The maximum absolute atomic E-state index is 13.0. The second-order valence-corrected chi connectivity index (χ2v) is 4.19. The number of nitrogens with one attached hydrogen (secondary N) is 1. The highest BCUT2D eigenvalue weighted by Gasteiger charge is 2.11. The molecule has 0 saturated carbocycles. The Balaban J connectivity index is 2.17. The van der Waals surface area contributed by atoms with Crippen LogP contribution in [0.5, 0.6) is 5.75 Å². The van der Waals surface area contributed by atoms with Gasteiger partial charge < -0.3 is 10.4 Å². The Morgan fingerprint density at radius 3 is 2.37 bits per heavy atom. The summed E-state index contributed by atoms with van der Waals surface area (Å²) in [6.45, 7) is 1.92. The summed E-state index contributed by atoms with van der Waals surface area (Å²) in [6.07, 6.45) is 0. The maximum atomic E-state index is 13.0. The van der Waals surface area contributed by atoms with Crippen molar-refractivity contribution in [2.24, 2.45) is 0 Å². The lowest BCUT2D eigenvalue weighted by molar-refractivity contribution is 0.447. The second-order valence-electron chi connectivity index (χ2n) is 4.19. The Morgan fingerprint density at radius 2 is 1.74 bits per heavy atom. The van der Waals surface area contributed by atoms with E-state index in [0.717, 1.165) is 12.1 Å². The highest BCUT2D eigenvalue weighted by molar-refractivity contribution is 5.47. The monoisotopic (exact) mass is 267 g/mol. The average Bonchev–Trinajstić information content (AvgIpc) is 2.37. The van der Waals surface area contributed by atoms with Crippen LogP contribution in [-0.4, -0.2) is 5.11 Å². The zero-order chi connectivity index (χ0) is 14.0. The summed E-state index contributed by atoms with van der Waals surface area (Å²) in [4.78, 5) is 0. The van der Waals surface area contributed by atoms with Crippen LogP contribution < -0.4 is 5.32 Å². The largest absolute Gasteiger partial charge is 0.507 e. The quantitative estimate of drug-likeness (QED) is 0.830. The molecule has 0 fully saturated rings. The number of aryl methyl sites for hydroxylation is 1. The van der Waals surface area contributed by atoms with Crippen LogP contribution in [0.2, 0.25) is 0 Å². The van der Waals surface area contributed by atoms with Gasteiger partial charge in [0.25, 0.3) is 0 Å². The molecule has 0 aliphatic rings. The lowest BCUT2D eigenvalue weighted by atomic mass is 10.1. The number of hydrogen-bond acceptors (Lipinski definition) is 2. The molecule has 0 heterocycles. The van der Waals surface area contributed by atoms with Gasteiger partial charge in [-0.05, 0) is 12.5 Å². The minimum Gasteiger partial charge on any atom is -0.507 e. The molecule has 19 heavy (non-hydrogen) atoms. The molecule has 0 aromatic heterocycles. The van der Waals surface area contributed by atoms with Crippen molar-refractivity contribution in [2.75, 3.05) is 5.32 Å². The van der Waals surface area contributed by atoms with E-state index in [0.29, 0.717) is 11.1 Å². The van der Waals surface area contributed by atoms with E-state index in [4.69, 9.17) is 0 Å². The van der Waals surface area contributed by atoms with E-state index in [9.17, 15) is 18.3 Å². The van der Waals surface area contributed by atoms with Crippen LogP contribution in [0.15, 0.2) is 30.3 Å². The topological polar surface area (TPSA) is 32.3 Å². The van der Waals surface area contributed by atoms with Crippen molar-refractivity contribution in [3.63, 3.8) is 0 Å². The number of hydrogen-bond donors (Lipinski definition) is 2. The molecule has 0 aliphatic heterocycles. The molecular weight excluding hydrogens is 255 g/mol. The van der Waals surface area contributed by atoms with Crippen LogP contribution in [0.3, 0.4) is 0 Å². The summed E-state index contributed by atoms with van der Waals surface area (Å²) in [7, 11) is 0. The molecule has 0 saturated heterocycles. The van der Waals surface area contributed by atoms with Crippen LogP contribution in [0.1, 0.15) is 11.1 Å². The van der Waals surface area contributed by atoms with Gasteiger partial charge in [-0.1, -0.05) is 18.2 Å². The fraction of sp³-hybridized carbons (Fsp3) is 0.143. The SMILES string of the molecule is Cc1cccc(CNc2cc(F)c(F)c(F)c2)c1O. The summed E-state index contributed by atoms with van der Waals surface area (Å²) < 4.78 is 38.8. The van der Waals surface area contributed by atoms with Crippen LogP contribution in [0.4, 0.5) is 18.9 Å². The maximum Gasteiger partial charge on any atom is 0.194 e. The summed E-state index contributed by atoms with van der Waals surface area (Å²) >= 11 is 0. The molecule has 2 N–H and O–H groups in total. The summed E-state index contributed by atoms with van der Waals surface area (Å²) in [6, 6.07) is 6.93. The number of phenols is 1. The molecular formula is C14H12F3NO. The Bertz CT molecular complexity index is 591. The zero-order valence-electron chi connectivity index (χ0n) is 10.2. The normalized spacial score (nSPS) is 10.5. The lowest BCUT2D eigenvalue weighted by Crippen LogP contribution is -2.02. The van der Waals surface area contributed by atoms with E-state index in [1.807, 2.05) is 0 Å². The van der Waals surface area contributed by atoms with Gasteiger partial charge >= 0.3 is 0 Å². The molecule has 0 radical (unpaired) electrons.